The fourth-order valence-corrected chi connectivity index (χ4v) is 3.01. The summed E-state index contributed by atoms with van der Waals surface area (Å²) in [6.07, 6.45) is 3.91. The quantitative estimate of drug-likeness (QED) is 0.935. The Morgan fingerprint density at radius 3 is 2.52 bits per heavy atom. The molecule has 0 unspecified atom stereocenters. The first kappa shape index (κ1) is 15.5. The number of amides is 1. The van der Waals surface area contributed by atoms with E-state index in [4.69, 9.17) is 0 Å². The molecule has 2 aromatic rings. The number of piperidine rings is 1. The Morgan fingerprint density at radius 1 is 1.26 bits per heavy atom. The average molecular weight is 313 g/mol. The van der Waals surface area contributed by atoms with Crippen molar-refractivity contribution in [1.82, 2.24) is 20.1 Å². The van der Waals surface area contributed by atoms with Crippen molar-refractivity contribution in [3.8, 4) is 0 Å². The number of rotatable bonds is 4. The molecule has 0 radical (unpaired) electrons. The van der Waals surface area contributed by atoms with Crippen LogP contribution in [0.4, 0.5) is 5.69 Å². The van der Waals surface area contributed by atoms with E-state index in [2.05, 4.69) is 32.2 Å². The van der Waals surface area contributed by atoms with Crippen LogP contribution >= 0.6 is 0 Å². The molecule has 0 saturated carbocycles. The van der Waals surface area contributed by atoms with E-state index < -0.39 is 0 Å². The number of nitrogens with zero attached hydrogens (tertiary/aromatic N) is 4. The molecule has 122 valence electrons. The second kappa shape index (κ2) is 6.81. The van der Waals surface area contributed by atoms with Crippen LogP contribution in [0.25, 0.3) is 0 Å². The lowest BCUT2D eigenvalue weighted by Crippen LogP contribution is -2.39. The topological polar surface area (TPSA) is 65.1 Å². The summed E-state index contributed by atoms with van der Waals surface area (Å²) in [5, 5.41) is 6.84. The fourth-order valence-electron chi connectivity index (χ4n) is 3.01. The molecule has 1 aromatic carbocycles. The van der Waals surface area contributed by atoms with Crippen molar-refractivity contribution < 1.29 is 4.79 Å². The predicted molar refractivity (Wildman–Crippen MR) is 89.4 cm³/mol. The number of aromatic amines is 1. The van der Waals surface area contributed by atoms with Gasteiger partial charge in [0.15, 0.2) is 0 Å². The molecule has 6 nitrogen and oxygen atoms in total. The number of likely N-dealkylation sites (tertiary alicyclic amines) is 1. The van der Waals surface area contributed by atoms with Crippen LogP contribution in [0.2, 0.25) is 0 Å². The molecule has 0 aliphatic carbocycles. The van der Waals surface area contributed by atoms with E-state index in [1.165, 1.54) is 0 Å². The number of carbonyl (C=O) groups is 1. The molecule has 3 rings (SSSR count). The molecule has 1 N–H and O–H groups in total. The Labute approximate surface area is 136 Å². The highest BCUT2D eigenvalue weighted by Crippen LogP contribution is 2.25. The van der Waals surface area contributed by atoms with Gasteiger partial charge in [0.1, 0.15) is 12.2 Å². The SMILES string of the molecule is CN(C)c1ccc(CC(=O)N2CCC(c3ncn[nH]3)CC2)cc1. The zero-order chi connectivity index (χ0) is 16.2. The van der Waals surface area contributed by atoms with Gasteiger partial charge in [-0.25, -0.2) is 4.98 Å². The molecule has 0 atom stereocenters. The number of H-pyrrole nitrogens is 1. The van der Waals surface area contributed by atoms with Gasteiger partial charge in [-0.3, -0.25) is 9.89 Å². The minimum atomic E-state index is 0.207. The average Bonchev–Trinajstić information content (AvgIpc) is 3.10. The smallest absolute Gasteiger partial charge is 0.226 e. The first-order valence-corrected chi connectivity index (χ1v) is 8.03. The maximum absolute atomic E-state index is 12.5. The second-order valence-electron chi connectivity index (χ2n) is 6.26. The number of hydrogen-bond donors (Lipinski definition) is 1. The van der Waals surface area contributed by atoms with Crippen LogP contribution in [0.3, 0.4) is 0 Å². The number of benzene rings is 1. The van der Waals surface area contributed by atoms with E-state index in [0.29, 0.717) is 12.3 Å². The summed E-state index contributed by atoms with van der Waals surface area (Å²) < 4.78 is 0. The minimum absolute atomic E-state index is 0.207. The van der Waals surface area contributed by atoms with E-state index >= 15 is 0 Å². The molecule has 1 fully saturated rings. The third kappa shape index (κ3) is 3.70. The van der Waals surface area contributed by atoms with E-state index in [9.17, 15) is 4.79 Å². The van der Waals surface area contributed by atoms with Crippen LogP contribution in [0.5, 0.6) is 0 Å². The minimum Gasteiger partial charge on any atom is -0.378 e. The predicted octanol–water partition coefficient (Wildman–Crippen LogP) is 1.82. The van der Waals surface area contributed by atoms with Crippen LogP contribution in [0.15, 0.2) is 30.6 Å². The maximum atomic E-state index is 12.5. The van der Waals surface area contributed by atoms with Gasteiger partial charge in [0.2, 0.25) is 5.91 Å². The Bertz CT molecular complexity index is 628. The number of hydrogen-bond acceptors (Lipinski definition) is 4. The first-order valence-electron chi connectivity index (χ1n) is 8.03. The molecule has 1 aromatic heterocycles. The van der Waals surface area contributed by atoms with Gasteiger partial charge in [-0.15, -0.1) is 0 Å². The van der Waals surface area contributed by atoms with Gasteiger partial charge in [-0.1, -0.05) is 12.1 Å². The molecule has 23 heavy (non-hydrogen) atoms. The number of anilines is 1. The highest BCUT2D eigenvalue weighted by Gasteiger charge is 2.25. The Hall–Kier alpha value is -2.37. The van der Waals surface area contributed by atoms with Gasteiger partial charge in [-0.2, -0.15) is 5.10 Å². The van der Waals surface area contributed by atoms with E-state index in [1.54, 1.807) is 6.33 Å². The van der Waals surface area contributed by atoms with Gasteiger partial charge < -0.3 is 9.80 Å². The van der Waals surface area contributed by atoms with E-state index in [-0.39, 0.29) is 5.91 Å². The third-order valence-corrected chi connectivity index (χ3v) is 4.48. The molecule has 1 aliphatic heterocycles. The third-order valence-electron chi connectivity index (χ3n) is 4.48. The zero-order valence-corrected chi connectivity index (χ0v) is 13.7. The lowest BCUT2D eigenvalue weighted by atomic mass is 9.95. The zero-order valence-electron chi connectivity index (χ0n) is 13.7. The largest absolute Gasteiger partial charge is 0.378 e. The van der Waals surface area contributed by atoms with Gasteiger partial charge in [0, 0.05) is 38.8 Å². The maximum Gasteiger partial charge on any atom is 0.226 e. The van der Waals surface area contributed by atoms with Crippen molar-refractivity contribution in [3.05, 3.63) is 42.0 Å². The monoisotopic (exact) mass is 313 g/mol. The van der Waals surface area contributed by atoms with Crippen LogP contribution in [0, 0.1) is 0 Å². The first-order chi connectivity index (χ1) is 11.1. The highest BCUT2D eigenvalue weighted by atomic mass is 16.2. The van der Waals surface area contributed by atoms with Crippen molar-refractivity contribution in [2.24, 2.45) is 0 Å². The van der Waals surface area contributed by atoms with Crippen LogP contribution in [-0.4, -0.2) is 53.2 Å². The molecule has 1 saturated heterocycles. The molecule has 0 bridgehead atoms. The standard InChI is InChI=1S/C17H23N5O/c1-21(2)15-5-3-13(4-6-15)11-16(23)22-9-7-14(8-10-22)17-18-12-19-20-17/h3-6,12,14H,7-11H2,1-2H3,(H,18,19,20). The molecule has 2 heterocycles. The Morgan fingerprint density at radius 2 is 1.96 bits per heavy atom. The summed E-state index contributed by atoms with van der Waals surface area (Å²) in [5.41, 5.74) is 2.21. The van der Waals surface area contributed by atoms with Crippen molar-refractivity contribution in [2.45, 2.75) is 25.2 Å². The van der Waals surface area contributed by atoms with Gasteiger partial charge in [-0.05, 0) is 30.5 Å². The van der Waals surface area contributed by atoms with Crippen molar-refractivity contribution in [2.75, 3.05) is 32.1 Å². The molecular formula is C17H23N5O. The van der Waals surface area contributed by atoms with E-state index in [0.717, 1.165) is 43.0 Å². The molecular weight excluding hydrogens is 290 g/mol. The molecule has 6 heteroatoms. The summed E-state index contributed by atoms with van der Waals surface area (Å²) >= 11 is 0. The summed E-state index contributed by atoms with van der Waals surface area (Å²) in [5.74, 6) is 1.54. The van der Waals surface area contributed by atoms with Crippen molar-refractivity contribution in [3.63, 3.8) is 0 Å². The van der Waals surface area contributed by atoms with Gasteiger partial charge in [0.05, 0.1) is 6.42 Å². The lowest BCUT2D eigenvalue weighted by molar-refractivity contribution is -0.131. The van der Waals surface area contributed by atoms with Crippen LogP contribution < -0.4 is 4.90 Å². The van der Waals surface area contributed by atoms with Crippen molar-refractivity contribution in [1.29, 1.82) is 0 Å². The lowest BCUT2D eigenvalue weighted by Gasteiger charge is -2.31. The van der Waals surface area contributed by atoms with Gasteiger partial charge in [0.25, 0.3) is 0 Å². The summed E-state index contributed by atoms with van der Waals surface area (Å²) in [7, 11) is 4.03. The van der Waals surface area contributed by atoms with E-state index in [1.807, 2.05) is 31.1 Å². The van der Waals surface area contributed by atoms with Crippen molar-refractivity contribution >= 4 is 11.6 Å². The molecule has 1 aliphatic rings. The highest BCUT2D eigenvalue weighted by molar-refractivity contribution is 5.79. The normalized spacial score (nSPS) is 15.7. The number of nitrogens with one attached hydrogen (secondary N) is 1. The Balaban J connectivity index is 1.53. The van der Waals surface area contributed by atoms with Crippen LogP contribution in [0.1, 0.15) is 30.1 Å². The summed E-state index contributed by atoms with van der Waals surface area (Å²) in [4.78, 5) is 20.7. The summed E-state index contributed by atoms with van der Waals surface area (Å²) in [6.45, 7) is 1.58. The van der Waals surface area contributed by atoms with Gasteiger partial charge >= 0.3 is 0 Å². The number of carbonyl (C=O) groups excluding carboxylic acids is 1. The van der Waals surface area contributed by atoms with Crippen LogP contribution in [-0.2, 0) is 11.2 Å². The summed E-state index contributed by atoms with van der Waals surface area (Å²) in [6, 6.07) is 8.18. The number of aromatic nitrogens is 3. The molecule has 0 spiro atoms. The molecule has 1 amide bonds. The fraction of sp³-hybridized carbons (Fsp3) is 0.471. The second-order valence-corrected chi connectivity index (χ2v) is 6.26. The Kier molecular flexibility index (Phi) is 4.60.